The van der Waals surface area contributed by atoms with Crippen LogP contribution < -0.4 is 0 Å². The van der Waals surface area contributed by atoms with Crippen molar-refractivity contribution < 1.29 is 5.11 Å². The van der Waals surface area contributed by atoms with Gasteiger partial charge in [-0.15, -0.1) is 0 Å². The van der Waals surface area contributed by atoms with Crippen LogP contribution in [0.25, 0.3) is 0 Å². The molecule has 0 rings (SSSR count). The van der Waals surface area contributed by atoms with Crippen molar-refractivity contribution in [2.75, 3.05) is 0 Å². The summed E-state index contributed by atoms with van der Waals surface area (Å²) in [6.45, 7) is 4.20. The van der Waals surface area contributed by atoms with E-state index in [0.717, 1.165) is 38.5 Å². The fraction of sp³-hybridized carbons (Fsp3) is 0.714. The van der Waals surface area contributed by atoms with E-state index in [0.29, 0.717) is 0 Å². The molecule has 1 heteroatoms. The van der Waals surface area contributed by atoms with E-state index in [1.165, 1.54) is 6.42 Å². The first-order chi connectivity index (χ1) is 7.31. The third-order valence-corrected chi connectivity index (χ3v) is 2.47. The van der Waals surface area contributed by atoms with Gasteiger partial charge in [-0.05, 0) is 39.0 Å². The Bertz CT molecular complexity index is 170. The minimum Gasteiger partial charge on any atom is -0.393 e. The first-order valence-corrected chi connectivity index (χ1v) is 6.25. The molecule has 15 heavy (non-hydrogen) atoms. The maximum Gasteiger partial charge on any atom is 0.0540 e. The molecule has 0 aliphatic carbocycles. The topological polar surface area (TPSA) is 20.2 Å². The Labute approximate surface area is 94.9 Å². The average Bonchev–Trinajstić information content (AvgIpc) is 2.25. The first kappa shape index (κ1) is 14.4. The van der Waals surface area contributed by atoms with Gasteiger partial charge >= 0.3 is 0 Å². The van der Waals surface area contributed by atoms with E-state index >= 15 is 0 Å². The molecular weight excluding hydrogens is 184 g/mol. The largest absolute Gasteiger partial charge is 0.393 e. The molecule has 0 aromatic carbocycles. The van der Waals surface area contributed by atoms with Crippen LogP contribution >= 0.6 is 0 Å². The van der Waals surface area contributed by atoms with Gasteiger partial charge in [0.15, 0.2) is 0 Å². The maximum absolute atomic E-state index is 9.59. The van der Waals surface area contributed by atoms with Crippen LogP contribution in [-0.4, -0.2) is 11.2 Å². The van der Waals surface area contributed by atoms with E-state index in [9.17, 15) is 5.11 Å². The fourth-order valence-corrected chi connectivity index (χ4v) is 1.48. The Morgan fingerprint density at radius 3 is 2.47 bits per heavy atom. The molecular formula is C14H26O. The molecule has 0 saturated carbocycles. The summed E-state index contributed by atoms with van der Waals surface area (Å²) < 4.78 is 0. The summed E-state index contributed by atoms with van der Waals surface area (Å²) in [5.41, 5.74) is 0. The minimum absolute atomic E-state index is 0.0751. The minimum atomic E-state index is -0.0751. The second kappa shape index (κ2) is 11.5. The number of aliphatic hydroxyl groups excluding tert-OH is 1. The highest BCUT2D eigenvalue weighted by molar-refractivity contribution is 4.91. The quantitative estimate of drug-likeness (QED) is 0.446. The number of hydrogen-bond donors (Lipinski definition) is 1. The number of allylic oxidation sites excluding steroid dienone is 4. The molecule has 1 atom stereocenters. The number of rotatable bonds is 9. The van der Waals surface area contributed by atoms with Crippen molar-refractivity contribution in [3.05, 3.63) is 24.3 Å². The number of hydrogen-bond acceptors (Lipinski definition) is 1. The van der Waals surface area contributed by atoms with Crippen LogP contribution in [0.3, 0.4) is 0 Å². The highest BCUT2D eigenvalue weighted by Gasteiger charge is 2.01. The molecule has 88 valence electrons. The highest BCUT2D eigenvalue weighted by atomic mass is 16.3. The normalized spacial score (nSPS) is 14.1. The first-order valence-electron chi connectivity index (χ1n) is 6.25. The predicted octanol–water partition coefficient (Wildman–Crippen LogP) is 4.23. The van der Waals surface area contributed by atoms with Gasteiger partial charge in [-0.2, -0.15) is 0 Å². The summed E-state index contributed by atoms with van der Waals surface area (Å²) in [7, 11) is 0. The van der Waals surface area contributed by atoms with Gasteiger partial charge in [-0.3, -0.25) is 0 Å². The second-order valence-electron chi connectivity index (χ2n) is 4.00. The molecule has 0 aliphatic rings. The summed E-state index contributed by atoms with van der Waals surface area (Å²) in [6.07, 6.45) is 16.0. The number of unbranched alkanes of at least 4 members (excludes halogenated alkanes) is 2. The van der Waals surface area contributed by atoms with Crippen LogP contribution in [0.15, 0.2) is 24.3 Å². The summed E-state index contributed by atoms with van der Waals surface area (Å²) in [4.78, 5) is 0. The average molecular weight is 210 g/mol. The molecule has 0 bridgehead atoms. The van der Waals surface area contributed by atoms with Crippen LogP contribution in [0, 0.1) is 0 Å². The third-order valence-electron chi connectivity index (χ3n) is 2.47. The van der Waals surface area contributed by atoms with Crippen molar-refractivity contribution in [2.45, 2.75) is 64.9 Å². The van der Waals surface area contributed by atoms with Crippen LogP contribution in [0.2, 0.25) is 0 Å². The number of aliphatic hydroxyl groups is 1. The second-order valence-corrected chi connectivity index (χ2v) is 4.00. The molecule has 0 radical (unpaired) electrons. The van der Waals surface area contributed by atoms with E-state index < -0.39 is 0 Å². The van der Waals surface area contributed by atoms with E-state index in [1.807, 2.05) is 6.92 Å². The van der Waals surface area contributed by atoms with Crippen molar-refractivity contribution in [1.82, 2.24) is 0 Å². The summed E-state index contributed by atoms with van der Waals surface area (Å²) in [6, 6.07) is 0. The smallest absolute Gasteiger partial charge is 0.0540 e. The molecule has 0 saturated heterocycles. The van der Waals surface area contributed by atoms with Gasteiger partial charge in [-0.25, -0.2) is 0 Å². The lowest BCUT2D eigenvalue weighted by Crippen LogP contribution is -2.05. The molecule has 1 nitrogen and oxygen atoms in total. The maximum atomic E-state index is 9.59. The summed E-state index contributed by atoms with van der Waals surface area (Å²) >= 11 is 0. The Morgan fingerprint density at radius 2 is 1.80 bits per heavy atom. The Hall–Kier alpha value is -0.560. The van der Waals surface area contributed by atoms with Gasteiger partial charge in [0.25, 0.3) is 0 Å². The van der Waals surface area contributed by atoms with Crippen molar-refractivity contribution in [3.63, 3.8) is 0 Å². The molecule has 1 N–H and O–H groups in total. The van der Waals surface area contributed by atoms with Gasteiger partial charge in [-0.1, -0.05) is 44.1 Å². The van der Waals surface area contributed by atoms with Gasteiger partial charge in [0, 0.05) is 0 Å². The van der Waals surface area contributed by atoms with Crippen LogP contribution in [0.1, 0.15) is 58.8 Å². The Balaban J connectivity index is 3.25. The van der Waals surface area contributed by atoms with Crippen LogP contribution in [0.5, 0.6) is 0 Å². The van der Waals surface area contributed by atoms with E-state index in [2.05, 4.69) is 31.2 Å². The lowest BCUT2D eigenvalue weighted by atomic mass is 10.1. The zero-order valence-electron chi connectivity index (χ0n) is 10.3. The molecule has 0 aliphatic heterocycles. The molecule has 0 aromatic rings. The van der Waals surface area contributed by atoms with Gasteiger partial charge in [0.1, 0.15) is 0 Å². The third kappa shape index (κ3) is 11.4. The molecule has 1 unspecified atom stereocenters. The zero-order valence-corrected chi connectivity index (χ0v) is 10.3. The zero-order chi connectivity index (χ0) is 11.4. The molecule has 0 amide bonds. The highest BCUT2D eigenvalue weighted by Crippen LogP contribution is 2.08. The van der Waals surface area contributed by atoms with Crippen LogP contribution in [-0.2, 0) is 0 Å². The molecule has 0 aromatic heterocycles. The lowest BCUT2D eigenvalue weighted by Gasteiger charge is -2.07. The standard InChI is InChI=1S/C14H26O/c1-3-5-7-8-9-10-11-13-14(15)12-6-4-2/h3,5,8-9,14-15H,4,6-7,10-13H2,1-2H3/b5-3?,9-8-. The predicted molar refractivity (Wildman–Crippen MR) is 68.0 cm³/mol. The Morgan fingerprint density at radius 1 is 1.07 bits per heavy atom. The van der Waals surface area contributed by atoms with Crippen molar-refractivity contribution in [3.8, 4) is 0 Å². The van der Waals surface area contributed by atoms with Crippen molar-refractivity contribution in [2.24, 2.45) is 0 Å². The summed E-state index contributed by atoms with van der Waals surface area (Å²) in [5.74, 6) is 0. The van der Waals surface area contributed by atoms with Crippen molar-refractivity contribution >= 4 is 0 Å². The monoisotopic (exact) mass is 210 g/mol. The molecule has 0 fully saturated rings. The van der Waals surface area contributed by atoms with Crippen molar-refractivity contribution in [1.29, 1.82) is 0 Å². The Kier molecular flexibility index (Phi) is 11.1. The van der Waals surface area contributed by atoms with Crippen LogP contribution in [0.4, 0.5) is 0 Å². The molecule has 0 spiro atoms. The van der Waals surface area contributed by atoms with Gasteiger partial charge in [0.05, 0.1) is 6.10 Å². The SMILES string of the molecule is CC=CC/C=C\CCCC(O)CCCC. The summed E-state index contributed by atoms with van der Waals surface area (Å²) in [5, 5.41) is 9.59. The van der Waals surface area contributed by atoms with E-state index in [1.54, 1.807) is 0 Å². The van der Waals surface area contributed by atoms with Gasteiger partial charge in [0.2, 0.25) is 0 Å². The molecule has 0 heterocycles. The lowest BCUT2D eigenvalue weighted by molar-refractivity contribution is 0.149. The fourth-order valence-electron chi connectivity index (χ4n) is 1.48. The van der Waals surface area contributed by atoms with E-state index in [4.69, 9.17) is 0 Å². The van der Waals surface area contributed by atoms with E-state index in [-0.39, 0.29) is 6.10 Å². The van der Waals surface area contributed by atoms with Gasteiger partial charge < -0.3 is 5.11 Å².